The van der Waals surface area contributed by atoms with Gasteiger partial charge in [-0.25, -0.2) is 4.39 Å². The van der Waals surface area contributed by atoms with E-state index in [4.69, 9.17) is 0 Å². The van der Waals surface area contributed by atoms with Gasteiger partial charge in [-0.2, -0.15) is 5.10 Å². The minimum Gasteiger partial charge on any atom is -0.385 e. The fourth-order valence-electron chi connectivity index (χ4n) is 2.07. The zero-order chi connectivity index (χ0) is 13.2. The molecule has 0 aliphatic carbocycles. The second-order valence-corrected chi connectivity index (χ2v) is 4.55. The summed E-state index contributed by atoms with van der Waals surface area (Å²) in [5.41, 5.74) is 0.318. The Bertz CT molecular complexity index is 538. The van der Waals surface area contributed by atoms with Crippen LogP contribution in [0.25, 0.3) is 0 Å². The molecule has 2 aromatic rings. The lowest BCUT2D eigenvalue weighted by Gasteiger charge is -2.26. The van der Waals surface area contributed by atoms with E-state index in [0.717, 1.165) is 5.69 Å². The molecule has 2 rings (SSSR count). The summed E-state index contributed by atoms with van der Waals surface area (Å²) in [6, 6.07) is 7.98. The van der Waals surface area contributed by atoms with Crippen LogP contribution in [0.1, 0.15) is 24.6 Å². The summed E-state index contributed by atoms with van der Waals surface area (Å²) in [5.74, 6) is -0.333. The van der Waals surface area contributed by atoms with Crippen LogP contribution in [0.5, 0.6) is 0 Å². The molecule has 1 N–H and O–H groups in total. The average Bonchev–Trinajstić information content (AvgIpc) is 2.74. The first-order valence-electron chi connectivity index (χ1n) is 6.00. The number of hydrogen-bond donors (Lipinski definition) is 1. The SMILES string of the molecule is CCC(O)(Cc1ccn(C)n1)c1cccc(F)c1. The number of aryl methyl sites for hydroxylation is 1. The van der Waals surface area contributed by atoms with Gasteiger partial charge in [0, 0.05) is 19.7 Å². The molecule has 0 saturated carbocycles. The van der Waals surface area contributed by atoms with Crippen molar-refractivity contribution in [2.75, 3.05) is 0 Å². The van der Waals surface area contributed by atoms with Crippen LogP contribution in [0.4, 0.5) is 4.39 Å². The largest absolute Gasteiger partial charge is 0.385 e. The number of halogens is 1. The lowest BCUT2D eigenvalue weighted by atomic mass is 9.87. The van der Waals surface area contributed by atoms with Crippen molar-refractivity contribution < 1.29 is 9.50 Å². The van der Waals surface area contributed by atoms with E-state index in [0.29, 0.717) is 18.4 Å². The molecule has 18 heavy (non-hydrogen) atoms. The second kappa shape index (κ2) is 4.90. The minimum atomic E-state index is -1.07. The van der Waals surface area contributed by atoms with Gasteiger partial charge in [0.05, 0.1) is 11.3 Å². The summed E-state index contributed by atoms with van der Waals surface area (Å²) in [7, 11) is 1.83. The molecule has 0 amide bonds. The summed E-state index contributed by atoms with van der Waals surface area (Å²) < 4.78 is 14.9. The fourth-order valence-corrected chi connectivity index (χ4v) is 2.07. The Morgan fingerprint density at radius 2 is 2.17 bits per heavy atom. The molecule has 1 heterocycles. The molecule has 0 radical (unpaired) electrons. The highest BCUT2D eigenvalue weighted by molar-refractivity contribution is 5.25. The zero-order valence-corrected chi connectivity index (χ0v) is 10.6. The predicted octanol–water partition coefficient (Wildman–Crippen LogP) is 2.40. The van der Waals surface area contributed by atoms with E-state index in [-0.39, 0.29) is 5.82 Å². The van der Waals surface area contributed by atoms with Crippen molar-refractivity contribution in [3.8, 4) is 0 Å². The van der Waals surface area contributed by atoms with Crippen LogP contribution in [0.3, 0.4) is 0 Å². The normalized spacial score (nSPS) is 14.4. The first kappa shape index (κ1) is 12.8. The summed E-state index contributed by atoms with van der Waals surface area (Å²) in [6.07, 6.45) is 2.72. The van der Waals surface area contributed by atoms with Gasteiger partial charge in [-0.05, 0) is 30.2 Å². The molecular formula is C14H17FN2O. The van der Waals surface area contributed by atoms with E-state index < -0.39 is 5.60 Å². The highest BCUT2D eigenvalue weighted by atomic mass is 19.1. The number of aromatic nitrogens is 2. The van der Waals surface area contributed by atoms with E-state index in [1.165, 1.54) is 12.1 Å². The Labute approximate surface area is 106 Å². The second-order valence-electron chi connectivity index (χ2n) is 4.55. The summed E-state index contributed by atoms with van der Waals surface area (Å²) in [4.78, 5) is 0. The van der Waals surface area contributed by atoms with E-state index in [2.05, 4.69) is 5.10 Å². The minimum absolute atomic E-state index is 0.333. The van der Waals surface area contributed by atoms with Gasteiger partial charge in [0.25, 0.3) is 0 Å². The van der Waals surface area contributed by atoms with Crippen molar-refractivity contribution in [3.05, 3.63) is 53.6 Å². The van der Waals surface area contributed by atoms with Gasteiger partial charge < -0.3 is 5.11 Å². The maximum absolute atomic E-state index is 13.2. The molecule has 4 heteroatoms. The predicted molar refractivity (Wildman–Crippen MR) is 67.5 cm³/mol. The molecule has 96 valence electrons. The monoisotopic (exact) mass is 248 g/mol. The Kier molecular flexibility index (Phi) is 3.48. The molecule has 1 atom stereocenters. The maximum Gasteiger partial charge on any atom is 0.123 e. The number of nitrogens with zero attached hydrogens (tertiary/aromatic N) is 2. The van der Waals surface area contributed by atoms with Crippen LogP contribution < -0.4 is 0 Å². The molecule has 0 aliphatic rings. The van der Waals surface area contributed by atoms with Crippen LogP contribution in [0, 0.1) is 5.82 Å². The topological polar surface area (TPSA) is 38.0 Å². The lowest BCUT2D eigenvalue weighted by Crippen LogP contribution is -2.28. The van der Waals surface area contributed by atoms with Gasteiger partial charge in [-0.3, -0.25) is 4.68 Å². The maximum atomic E-state index is 13.2. The van der Waals surface area contributed by atoms with Gasteiger partial charge >= 0.3 is 0 Å². The third-order valence-corrected chi connectivity index (χ3v) is 3.19. The Morgan fingerprint density at radius 1 is 1.39 bits per heavy atom. The van der Waals surface area contributed by atoms with Gasteiger partial charge in [0.2, 0.25) is 0 Å². The molecule has 0 fully saturated rings. The molecule has 1 aromatic carbocycles. The average molecular weight is 248 g/mol. The Balaban J connectivity index is 2.30. The molecule has 3 nitrogen and oxygen atoms in total. The van der Waals surface area contributed by atoms with Crippen molar-refractivity contribution in [1.29, 1.82) is 0 Å². The highest BCUT2D eigenvalue weighted by Crippen LogP contribution is 2.29. The third kappa shape index (κ3) is 2.59. The van der Waals surface area contributed by atoms with Gasteiger partial charge in [0.15, 0.2) is 0 Å². The molecule has 0 saturated heterocycles. The van der Waals surface area contributed by atoms with Crippen LogP contribution in [0.15, 0.2) is 36.5 Å². The smallest absolute Gasteiger partial charge is 0.123 e. The van der Waals surface area contributed by atoms with Crippen LogP contribution in [-0.4, -0.2) is 14.9 Å². The first-order valence-corrected chi connectivity index (χ1v) is 6.00. The Morgan fingerprint density at radius 3 is 2.72 bits per heavy atom. The number of rotatable bonds is 4. The van der Waals surface area contributed by atoms with Crippen molar-refractivity contribution in [2.24, 2.45) is 7.05 Å². The van der Waals surface area contributed by atoms with E-state index in [9.17, 15) is 9.50 Å². The number of hydrogen-bond acceptors (Lipinski definition) is 2. The zero-order valence-electron chi connectivity index (χ0n) is 10.6. The van der Waals surface area contributed by atoms with Gasteiger partial charge in [-0.1, -0.05) is 19.1 Å². The van der Waals surface area contributed by atoms with Gasteiger partial charge in [0.1, 0.15) is 5.82 Å². The number of aliphatic hydroxyl groups is 1. The number of benzene rings is 1. The molecule has 0 aliphatic heterocycles. The lowest BCUT2D eigenvalue weighted by molar-refractivity contribution is 0.0313. The standard InChI is InChI=1S/C14H17FN2O/c1-3-14(18,10-13-7-8-17(2)16-13)11-5-4-6-12(15)9-11/h4-9,18H,3,10H2,1-2H3. The summed E-state index contributed by atoms with van der Waals surface area (Å²) >= 11 is 0. The van der Waals surface area contributed by atoms with E-state index in [1.54, 1.807) is 16.8 Å². The fraction of sp³-hybridized carbons (Fsp3) is 0.357. The third-order valence-electron chi connectivity index (χ3n) is 3.19. The molecular weight excluding hydrogens is 231 g/mol. The van der Waals surface area contributed by atoms with Crippen LogP contribution >= 0.6 is 0 Å². The quantitative estimate of drug-likeness (QED) is 0.902. The summed E-state index contributed by atoms with van der Waals surface area (Å²) in [6.45, 7) is 1.88. The van der Waals surface area contributed by atoms with Crippen molar-refractivity contribution in [1.82, 2.24) is 9.78 Å². The molecule has 1 unspecified atom stereocenters. The van der Waals surface area contributed by atoms with Crippen LogP contribution in [0.2, 0.25) is 0 Å². The molecule has 0 bridgehead atoms. The highest BCUT2D eigenvalue weighted by Gasteiger charge is 2.28. The van der Waals surface area contributed by atoms with Crippen molar-refractivity contribution >= 4 is 0 Å². The van der Waals surface area contributed by atoms with Crippen molar-refractivity contribution in [3.63, 3.8) is 0 Å². The summed E-state index contributed by atoms with van der Waals surface area (Å²) in [5, 5.41) is 14.9. The van der Waals surface area contributed by atoms with Gasteiger partial charge in [-0.15, -0.1) is 0 Å². The van der Waals surface area contributed by atoms with Crippen molar-refractivity contribution in [2.45, 2.75) is 25.4 Å². The Hall–Kier alpha value is -1.68. The first-order chi connectivity index (χ1) is 8.53. The van der Waals surface area contributed by atoms with Crippen LogP contribution in [-0.2, 0) is 19.1 Å². The molecule has 0 spiro atoms. The molecule has 1 aromatic heterocycles. The van der Waals surface area contributed by atoms with E-state index >= 15 is 0 Å². The van der Waals surface area contributed by atoms with E-state index in [1.807, 2.05) is 26.2 Å².